The highest BCUT2D eigenvalue weighted by Gasteiger charge is 2.51. The molecule has 0 spiro atoms. The van der Waals surface area contributed by atoms with Crippen molar-refractivity contribution in [2.45, 2.75) is 26.3 Å². The zero-order valence-corrected chi connectivity index (χ0v) is 22.0. The van der Waals surface area contributed by atoms with Crippen LogP contribution in [-0.4, -0.2) is 33.5 Å². The number of hydrogen-bond donors (Lipinski definition) is 6. The number of aromatic amines is 2. The number of ketones is 1. The van der Waals surface area contributed by atoms with Crippen LogP contribution in [0.5, 0.6) is 0 Å². The van der Waals surface area contributed by atoms with Gasteiger partial charge in [0.05, 0.1) is 0 Å². The van der Waals surface area contributed by atoms with Crippen LogP contribution in [-0.2, 0) is 19.9 Å². The van der Waals surface area contributed by atoms with Crippen molar-refractivity contribution < 1.29 is 19.2 Å². The van der Waals surface area contributed by atoms with Gasteiger partial charge < -0.3 is 31.2 Å². The largest absolute Gasteiger partial charge is 0.365 e. The predicted octanol–water partition coefficient (Wildman–Crippen LogP) is 5.08. The van der Waals surface area contributed by atoms with Gasteiger partial charge in [-0.05, 0) is 54.6 Å². The van der Waals surface area contributed by atoms with E-state index in [4.69, 9.17) is 0 Å². The molecule has 2 aromatic heterocycles. The minimum absolute atomic E-state index is 0.207. The molecule has 3 heterocycles. The third-order valence-corrected chi connectivity index (χ3v) is 7.06. The number of carbonyl (C=O) groups is 4. The highest BCUT2D eigenvalue weighted by molar-refractivity contribution is 6.19. The lowest BCUT2D eigenvalue weighted by molar-refractivity contribution is -0.115. The predicted molar refractivity (Wildman–Crippen MR) is 155 cm³/mol. The fourth-order valence-electron chi connectivity index (χ4n) is 5.53. The van der Waals surface area contributed by atoms with Gasteiger partial charge in [-0.3, -0.25) is 19.2 Å². The van der Waals surface area contributed by atoms with Crippen LogP contribution in [0, 0.1) is 0 Å². The molecule has 3 amide bonds. The molecule has 10 heteroatoms. The van der Waals surface area contributed by atoms with Gasteiger partial charge in [0, 0.05) is 94.4 Å². The number of anilines is 4. The standard InChI is InChI=1S/C30H26N6O4/c1-15(37)33-18-4-7-26-21(10-18)24(13-31-26)30(25-14-32-27-8-5-19(11-22(25)27)34-16(2)38)29(40)23-12-20(35-17(3)39)6-9-28(23)36-30/h4-14,31-32,36H,1-3H3,(H,33,37)(H,34,38)(H,35,39). The number of hydrogen-bond acceptors (Lipinski definition) is 5. The molecule has 1 aliphatic rings. The summed E-state index contributed by atoms with van der Waals surface area (Å²) in [5, 5.41) is 13.4. The first-order chi connectivity index (χ1) is 19.2. The zero-order chi connectivity index (χ0) is 28.2. The summed E-state index contributed by atoms with van der Waals surface area (Å²) < 4.78 is 0. The normalized spacial score (nSPS) is 13.6. The first-order valence-corrected chi connectivity index (χ1v) is 12.7. The van der Waals surface area contributed by atoms with Crippen LogP contribution in [0.4, 0.5) is 22.7 Å². The van der Waals surface area contributed by atoms with Gasteiger partial charge in [-0.15, -0.1) is 0 Å². The monoisotopic (exact) mass is 534 g/mol. The highest BCUT2D eigenvalue weighted by atomic mass is 16.2. The molecule has 0 fully saturated rings. The van der Waals surface area contributed by atoms with Crippen LogP contribution in [0.25, 0.3) is 21.8 Å². The van der Waals surface area contributed by atoms with Crippen molar-refractivity contribution >= 4 is 68.1 Å². The summed E-state index contributed by atoms with van der Waals surface area (Å²) in [7, 11) is 0. The third-order valence-electron chi connectivity index (χ3n) is 7.06. The van der Waals surface area contributed by atoms with Crippen LogP contribution >= 0.6 is 0 Å². The summed E-state index contributed by atoms with van der Waals surface area (Å²) in [5.41, 5.74) is 4.24. The van der Waals surface area contributed by atoms with E-state index in [0.717, 1.165) is 21.8 Å². The number of nitrogens with one attached hydrogen (secondary N) is 6. The Hall–Kier alpha value is -5.38. The molecule has 0 radical (unpaired) electrons. The number of rotatable bonds is 5. The summed E-state index contributed by atoms with van der Waals surface area (Å²) in [6.07, 6.45) is 3.59. The second kappa shape index (κ2) is 9.12. The number of benzene rings is 3. The minimum atomic E-state index is -1.38. The smallest absolute Gasteiger partial charge is 0.221 e. The van der Waals surface area contributed by atoms with E-state index in [9.17, 15) is 19.2 Å². The maximum absolute atomic E-state index is 14.6. The van der Waals surface area contributed by atoms with Gasteiger partial charge in [-0.25, -0.2) is 0 Å². The lowest BCUT2D eigenvalue weighted by Crippen LogP contribution is -2.39. The third kappa shape index (κ3) is 3.97. The number of aromatic nitrogens is 2. The minimum Gasteiger partial charge on any atom is -0.365 e. The molecule has 6 rings (SSSR count). The van der Waals surface area contributed by atoms with Gasteiger partial charge in [0.1, 0.15) is 0 Å². The average molecular weight is 535 g/mol. The molecule has 0 saturated heterocycles. The van der Waals surface area contributed by atoms with Gasteiger partial charge in [0.15, 0.2) is 11.3 Å². The summed E-state index contributed by atoms with van der Waals surface area (Å²) in [6, 6.07) is 16.1. The first-order valence-electron chi connectivity index (χ1n) is 12.7. The van der Waals surface area contributed by atoms with Crippen molar-refractivity contribution in [3.05, 3.63) is 83.7 Å². The fourth-order valence-corrected chi connectivity index (χ4v) is 5.53. The number of H-pyrrole nitrogens is 2. The van der Waals surface area contributed by atoms with Crippen molar-refractivity contribution in [2.75, 3.05) is 21.3 Å². The Morgan fingerprint density at radius 2 is 1.10 bits per heavy atom. The SMILES string of the molecule is CC(=O)Nc1ccc2c(c1)C(=O)C(c1c[nH]c3ccc(NC(C)=O)cc13)(c1c[nH]c3ccc(NC(C)=O)cc13)N2. The topological polar surface area (TPSA) is 148 Å². The van der Waals surface area contributed by atoms with E-state index in [1.165, 1.54) is 20.8 Å². The molecule has 10 nitrogen and oxygen atoms in total. The second-order valence-corrected chi connectivity index (χ2v) is 9.93. The van der Waals surface area contributed by atoms with E-state index in [-0.39, 0.29) is 23.5 Å². The molecule has 3 aromatic carbocycles. The van der Waals surface area contributed by atoms with Gasteiger partial charge in [0.2, 0.25) is 17.7 Å². The number of Topliss-reactive ketones (excluding diaryl/α,β-unsaturated/α-hetero) is 1. The molecule has 6 N–H and O–H groups in total. The Balaban J connectivity index is 1.62. The molecule has 1 aliphatic heterocycles. The lowest BCUT2D eigenvalue weighted by Gasteiger charge is -2.29. The first kappa shape index (κ1) is 24.9. The highest BCUT2D eigenvalue weighted by Crippen LogP contribution is 2.49. The summed E-state index contributed by atoms with van der Waals surface area (Å²) >= 11 is 0. The van der Waals surface area contributed by atoms with Gasteiger partial charge >= 0.3 is 0 Å². The maximum atomic E-state index is 14.6. The van der Waals surface area contributed by atoms with Gasteiger partial charge in [-0.1, -0.05) is 0 Å². The van der Waals surface area contributed by atoms with E-state index in [2.05, 4.69) is 31.2 Å². The molecular formula is C30H26N6O4. The maximum Gasteiger partial charge on any atom is 0.221 e. The Bertz CT molecular complexity index is 1790. The number of amides is 3. The van der Waals surface area contributed by atoms with Crippen LogP contribution < -0.4 is 21.3 Å². The van der Waals surface area contributed by atoms with E-state index >= 15 is 0 Å². The quantitative estimate of drug-likeness (QED) is 0.186. The summed E-state index contributed by atoms with van der Waals surface area (Å²) in [5.74, 6) is -0.872. The van der Waals surface area contributed by atoms with Gasteiger partial charge in [-0.2, -0.15) is 0 Å². The molecule has 0 aliphatic carbocycles. The van der Waals surface area contributed by atoms with E-state index in [0.29, 0.717) is 39.4 Å². The molecule has 0 unspecified atom stereocenters. The molecular weight excluding hydrogens is 508 g/mol. The fraction of sp³-hybridized carbons (Fsp3) is 0.133. The molecule has 5 aromatic rings. The lowest BCUT2D eigenvalue weighted by atomic mass is 9.79. The van der Waals surface area contributed by atoms with Crippen molar-refractivity contribution in [1.29, 1.82) is 0 Å². The Morgan fingerprint density at radius 3 is 1.57 bits per heavy atom. The molecule has 200 valence electrons. The zero-order valence-electron chi connectivity index (χ0n) is 22.0. The molecule has 0 saturated carbocycles. The van der Waals surface area contributed by atoms with Crippen molar-refractivity contribution in [1.82, 2.24) is 9.97 Å². The van der Waals surface area contributed by atoms with E-state index < -0.39 is 5.54 Å². The van der Waals surface area contributed by atoms with Crippen LogP contribution in [0.15, 0.2) is 67.0 Å². The number of carbonyl (C=O) groups excluding carboxylic acids is 4. The van der Waals surface area contributed by atoms with Crippen molar-refractivity contribution in [3.8, 4) is 0 Å². The van der Waals surface area contributed by atoms with Gasteiger partial charge in [0.25, 0.3) is 0 Å². The average Bonchev–Trinajstić information content (AvgIpc) is 3.57. The molecule has 0 bridgehead atoms. The Morgan fingerprint density at radius 1 is 0.650 bits per heavy atom. The van der Waals surface area contributed by atoms with E-state index in [1.807, 2.05) is 24.3 Å². The molecule has 40 heavy (non-hydrogen) atoms. The van der Waals surface area contributed by atoms with Crippen molar-refractivity contribution in [3.63, 3.8) is 0 Å². The summed E-state index contributed by atoms with van der Waals surface area (Å²) in [4.78, 5) is 56.5. The van der Waals surface area contributed by atoms with E-state index in [1.54, 1.807) is 42.7 Å². The van der Waals surface area contributed by atoms with Crippen LogP contribution in [0.3, 0.4) is 0 Å². The Labute approximate surface area is 228 Å². The second-order valence-electron chi connectivity index (χ2n) is 9.93. The van der Waals surface area contributed by atoms with Crippen molar-refractivity contribution in [2.24, 2.45) is 0 Å². The Kier molecular flexibility index (Phi) is 5.69. The van der Waals surface area contributed by atoms with Crippen LogP contribution in [0.2, 0.25) is 0 Å². The summed E-state index contributed by atoms with van der Waals surface area (Å²) in [6.45, 7) is 4.29. The number of fused-ring (bicyclic) bond motifs is 3. The molecule has 0 atom stereocenters. The van der Waals surface area contributed by atoms with Crippen LogP contribution in [0.1, 0.15) is 42.3 Å².